The molecule has 5 nitrogen and oxygen atoms in total. The standard InChI is InChI=1S/C13H26N2O3S/c1-9(2)5-11(6-12(16)17)7-14-13(18)15-10(3)8-19-4/h9-11H,5-8H2,1-4H3,(H,16,17)(H2,14,15,18). The summed E-state index contributed by atoms with van der Waals surface area (Å²) in [6, 6.07) is -0.112. The Hall–Kier alpha value is -0.910. The van der Waals surface area contributed by atoms with Crippen LogP contribution in [0.1, 0.15) is 33.6 Å². The van der Waals surface area contributed by atoms with Crippen LogP contribution in [0.15, 0.2) is 0 Å². The van der Waals surface area contributed by atoms with E-state index in [1.807, 2.05) is 13.2 Å². The maximum Gasteiger partial charge on any atom is 0.315 e. The normalized spacial score (nSPS) is 13.9. The summed E-state index contributed by atoms with van der Waals surface area (Å²) < 4.78 is 0. The Balaban J connectivity index is 4.08. The summed E-state index contributed by atoms with van der Waals surface area (Å²) in [5.41, 5.74) is 0. The smallest absolute Gasteiger partial charge is 0.315 e. The summed E-state index contributed by atoms with van der Waals surface area (Å²) in [5, 5.41) is 14.4. The second-order valence-corrected chi connectivity index (χ2v) is 6.21. The first kappa shape index (κ1) is 18.1. The van der Waals surface area contributed by atoms with Crippen molar-refractivity contribution >= 4 is 23.8 Å². The van der Waals surface area contributed by atoms with E-state index in [9.17, 15) is 9.59 Å². The Bertz CT molecular complexity index is 285. The van der Waals surface area contributed by atoms with E-state index in [-0.39, 0.29) is 24.4 Å². The Morgan fingerprint density at radius 1 is 1.26 bits per heavy atom. The number of carboxylic acid groups (broad SMARTS) is 1. The summed E-state index contributed by atoms with van der Waals surface area (Å²) >= 11 is 1.67. The molecule has 0 saturated heterocycles. The third kappa shape index (κ3) is 10.7. The first-order chi connectivity index (χ1) is 8.85. The average molecular weight is 290 g/mol. The van der Waals surface area contributed by atoms with Gasteiger partial charge in [0.2, 0.25) is 0 Å². The van der Waals surface area contributed by atoms with Gasteiger partial charge >= 0.3 is 12.0 Å². The van der Waals surface area contributed by atoms with Crippen LogP contribution >= 0.6 is 11.8 Å². The van der Waals surface area contributed by atoms with Gasteiger partial charge in [0.15, 0.2) is 0 Å². The predicted octanol–water partition coefficient (Wildman–Crippen LogP) is 2.17. The van der Waals surface area contributed by atoms with Gasteiger partial charge in [-0.05, 0) is 31.4 Å². The van der Waals surface area contributed by atoms with E-state index >= 15 is 0 Å². The highest BCUT2D eigenvalue weighted by molar-refractivity contribution is 7.98. The second kappa shape index (κ2) is 9.95. The zero-order valence-electron chi connectivity index (χ0n) is 12.2. The molecule has 0 aromatic carbocycles. The van der Waals surface area contributed by atoms with Gasteiger partial charge in [-0.25, -0.2) is 4.79 Å². The SMILES string of the molecule is CSCC(C)NC(=O)NCC(CC(=O)O)CC(C)C. The van der Waals surface area contributed by atoms with Gasteiger partial charge in [-0.2, -0.15) is 11.8 Å². The molecule has 3 N–H and O–H groups in total. The van der Waals surface area contributed by atoms with Gasteiger partial charge in [0, 0.05) is 24.8 Å². The molecule has 6 heteroatoms. The molecule has 0 aliphatic carbocycles. The van der Waals surface area contributed by atoms with E-state index in [1.165, 1.54) is 0 Å². The summed E-state index contributed by atoms with van der Waals surface area (Å²) in [6.07, 6.45) is 2.88. The van der Waals surface area contributed by atoms with E-state index in [0.717, 1.165) is 12.2 Å². The molecule has 0 aliphatic rings. The third-order valence-electron chi connectivity index (χ3n) is 2.61. The van der Waals surface area contributed by atoms with E-state index < -0.39 is 5.97 Å². The van der Waals surface area contributed by atoms with Gasteiger partial charge < -0.3 is 15.7 Å². The number of carboxylic acids is 1. The van der Waals surface area contributed by atoms with Crippen molar-refractivity contribution in [3.8, 4) is 0 Å². The number of hydrogen-bond donors (Lipinski definition) is 3. The minimum atomic E-state index is -0.816. The third-order valence-corrected chi connectivity index (χ3v) is 3.45. The molecule has 2 atom stereocenters. The van der Waals surface area contributed by atoms with Crippen LogP contribution in [0.5, 0.6) is 0 Å². The maximum absolute atomic E-state index is 11.6. The number of amides is 2. The van der Waals surface area contributed by atoms with E-state index in [2.05, 4.69) is 24.5 Å². The molecular weight excluding hydrogens is 264 g/mol. The molecule has 2 unspecified atom stereocenters. The fourth-order valence-corrected chi connectivity index (χ4v) is 2.54. The Morgan fingerprint density at radius 2 is 1.89 bits per heavy atom. The van der Waals surface area contributed by atoms with Crippen LogP contribution in [0.3, 0.4) is 0 Å². The summed E-state index contributed by atoms with van der Waals surface area (Å²) in [5.74, 6) is 0.449. The highest BCUT2D eigenvalue weighted by Gasteiger charge is 2.16. The lowest BCUT2D eigenvalue weighted by Crippen LogP contribution is -2.43. The van der Waals surface area contributed by atoms with Crippen LogP contribution < -0.4 is 10.6 Å². The largest absolute Gasteiger partial charge is 0.481 e. The van der Waals surface area contributed by atoms with Crippen LogP contribution in [-0.2, 0) is 4.79 Å². The maximum atomic E-state index is 11.6. The van der Waals surface area contributed by atoms with Crippen LogP contribution in [0.25, 0.3) is 0 Å². The first-order valence-electron chi connectivity index (χ1n) is 6.60. The van der Waals surface area contributed by atoms with Gasteiger partial charge in [-0.15, -0.1) is 0 Å². The molecule has 0 heterocycles. The first-order valence-corrected chi connectivity index (χ1v) is 7.99. The molecule has 2 amide bonds. The van der Waals surface area contributed by atoms with Gasteiger partial charge in [0.25, 0.3) is 0 Å². The van der Waals surface area contributed by atoms with Crippen LogP contribution in [0, 0.1) is 11.8 Å². The van der Waals surface area contributed by atoms with Crippen molar-refractivity contribution in [2.75, 3.05) is 18.6 Å². The number of urea groups is 1. The predicted molar refractivity (Wildman–Crippen MR) is 79.6 cm³/mol. The van der Waals surface area contributed by atoms with E-state index in [1.54, 1.807) is 11.8 Å². The van der Waals surface area contributed by atoms with Crippen LogP contribution in [0.2, 0.25) is 0 Å². The summed E-state index contributed by atoms with van der Waals surface area (Å²) in [7, 11) is 0. The fraction of sp³-hybridized carbons (Fsp3) is 0.846. The van der Waals surface area contributed by atoms with Gasteiger partial charge in [0.05, 0.1) is 0 Å². The molecule has 0 aromatic heterocycles. The highest BCUT2D eigenvalue weighted by Crippen LogP contribution is 2.14. The molecule has 0 spiro atoms. The minimum Gasteiger partial charge on any atom is -0.481 e. The van der Waals surface area contributed by atoms with Crippen molar-refractivity contribution in [1.29, 1.82) is 0 Å². The summed E-state index contributed by atoms with van der Waals surface area (Å²) in [4.78, 5) is 22.4. The zero-order valence-corrected chi connectivity index (χ0v) is 13.0. The van der Waals surface area contributed by atoms with Crippen molar-refractivity contribution in [3.63, 3.8) is 0 Å². The van der Waals surface area contributed by atoms with Crippen molar-refractivity contribution in [1.82, 2.24) is 10.6 Å². The number of aliphatic carboxylic acids is 1. The average Bonchev–Trinajstić information content (AvgIpc) is 2.24. The van der Waals surface area contributed by atoms with E-state index in [0.29, 0.717) is 12.5 Å². The number of carbonyl (C=O) groups is 2. The molecule has 0 aromatic rings. The van der Waals surface area contributed by atoms with Crippen molar-refractivity contribution in [2.45, 2.75) is 39.7 Å². The monoisotopic (exact) mass is 290 g/mol. The van der Waals surface area contributed by atoms with E-state index in [4.69, 9.17) is 5.11 Å². The lowest BCUT2D eigenvalue weighted by Gasteiger charge is -2.19. The number of rotatable bonds is 9. The number of hydrogen-bond acceptors (Lipinski definition) is 3. The van der Waals surface area contributed by atoms with Crippen molar-refractivity contribution in [2.24, 2.45) is 11.8 Å². The Morgan fingerprint density at radius 3 is 2.37 bits per heavy atom. The number of carbonyl (C=O) groups excluding carboxylic acids is 1. The molecular formula is C13H26N2O3S. The van der Waals surface area contributed by atoms with Gasteiger partial charge in [-0.1, -0.05) is 13.8 Å². The van der Waals surface area contributed by atoms with Gasteiger partial charge in [-0.3, -0.25) is 4.79 Å². The quantitative estimate of drug-likeness (QED) is 0.608. The van der Waals surface area contributed by atoms with Gasteiger partial charge in [0.1, 0.15) is 0 Å². The van der Waals surface area contributed by atoms with Crippen molar-refractivity contribution < 1.29 is 14.7 Å². The fourth-order valence-electron chi connectivity index (χ4n) is 1.96. The highest BCUT2D eigenvalue weighted by atomic mass is 32.2. The topological polar surface area (TPSA) is 78.4 Å². The Kier molecular flexibility index (Phi) is 9.47. The lowest BCUT2D eigenvalue weighted by atomic mass is 9.94. The molecule has 0 fully saturated rings. The number of nitrogens with one attached hydrogen (secondary N) is 2. The van der Waals surface area contributed by atoms with Crippen molar-refractivity contribution in [3.05, 3.63) is 0 Å². The minimum absolute atomic E-state index is 0.0147. The molecule has 112 valence electrons. The molecule has 0 saturated carbocycles. The number of thioether (sulfide) groups is 1. The molecule has 0 bridgehead atoms. The second-order valence-electron chi connectivity index (χ2n) is 5.30. The summed E-state index contributed by atoms with van der Waals surface area (Å²) in [6.45, 7) is 6.45. The van der Waals surface area contributed by atoms with Crippen LogP contribution in [-0.4, -0.2) is 41.7 Å². The molecule has 0 rings (SSSR count). The Labute approximate surface area is 119 Å². The zero-order chi connectivity index (χ0) is 14.8. The molecule has 0 aliphatic heterocycles. The van der Waals surface area contributed by atoms with Crippen LogP contribution in [0.4, 0.5) is 4.79 Å². The molecule has 19 heavy (non-hydrogen) atoms. The lowest BCUT2D eigenvalue weighted by molar-refractivity contribution is -0.138. The molecule has 0 radical (unpaired) electrons.